The van der Waals surface area contributed by atoms with Gasteiger partial charge in [0.15, 0.2) is 11.6 Å². The molecule has 0 aromatic heterocycles. The van der Waals surface area contributed by atoms with E-state index in [1.807, 2.05) is 18.7 Å². The second-order valence-corrected chi connectivity index (χ2v) is 4.67. The Balaban J connectivity index is 2.30. The number of halogens is 2. The topological polar surface area (TPSA) is 24.5 Å². The maximum absolute atomic E-state index is 14.0. The van der Waals surface area contributed by atoms with Gasteiger partial charge in [-0.3, -0.25) is 0 Å². The van der Waals surface area contributed by atoms with Gasteiger partial charge in [0.1, 0.15) is 0 Å². The van der Waals surface area contributed by atoms with Crippen LogP contribution in [0.4, 0.5) is 20.2 Å². The van der Waals surface area contributed by atoms with Crippen molar-refractivity contribution in [3.8, 4) is 0 Å². The van der Waals surface area contributed by atoms with Crippen LogP contribution >= 0.6 is 0 Å². The van der Waals surface area contributed by atoms with Gasteiger partial charge in [-0.25, -0.2) is 8.78 Å². The van der Waals surface area contributed by atoms with E-state index in [2.05, 4.69) is 5.32 Å². The van der Waals surface area contributed by atoms with Crippen LogP contribution in [0.5, 0.6) is 0 Å². The van der Waals surface area contributed by atoms with Crippen molar-refractivity contribution >= 4 is 11.4 Å². The maximum Gasteiger partial charge on any atom is 0.184 e. The molecule has 0 aliphatic carbocycles. The molecule has 1 aliphatic rings. The summed E-state index contributed by atoms with van der Waals surface area (Å²) >= 11 is 0. The molecule has 1 aromatic carbocycles. The summed E-state index contributed by atoms with van der Waals surface area (Å²) in [4.78, 5) is 1.83. The first-order valence-electron chi connectivity index (χ1n) is 6.09. The van der Waals surface area contributed by atoms with Crippen molar-refractivity contribution in [1.82, 2.24) is 0 Å². The largest absolute Gasteiger partial charge is 0.386 e. The standard InChI is InChI=1S/C13H18F2N2O/c1-8-6-17(7-9(2)18-8)11-5-4-10(16-3)12(14)13(11)15/h4-5,8-9,16H,6-7H2,1-3H3/t8-,9+. The third-order valence-corrected chi connectivity index (χ3v) is 3.09. The highest BCUT2D eigenvalue weighted by Crippen LogP contribution is 2.28. The number of nitrogens with zero attached hydrogens (tertiary/aromatic N) is 1. The second kappa shape index (κ2) is 5.10. The molecule has 0 bridgehead atoms. The first-order chi connectivity index (χ1) is 8.52. The van der Waals surface area contributed by atoms with E-state index in [1.54, 1.807) is 19.2 Å². The number of anilines is 2. The van der Waals surface area contributed by atoms with E-state index in [-0.39, 0.29) is 17.9 Å². The summed E-state index contributed by atoms with van der Waals surface area (Å²) in [5, 5.41) is 2.63. The first kappa shape index (κ1) is 13.1. The van der Waals surface area contributed by atoms with Crippen LogP contribution in [0.2, 0.25) is 0 Å². The van der Waals surface area contributed by atoms with Gasteiger partial charge in [-0.1, -0.05) is 0 Å². The molecule has 1 aliphatic heterocycles. The minimum Gasteiger partial charge on any atom is -0.386 e. The zero-order valence-electron chi connectivity index (χ0n) is 10.8. The molecule has 5 heteroatoms. The Labute approximate surface area is 106 Å². The molecule has 0 radical (unpaired) electrons. The van der Waals surface area contributed by atoms with Crippen molar-refractivity contribution in [2.24, 2.45) is 0 Å². The van der Waals surface area contributed by atoms with E-state index in [0.717, 1.165) is 0 Å². The molecule has 1 saturated heterocycles. The highest BCUT2D eigenvalue weighted by atomic mass is 19.2. The average Bonchev–Trinajstić information content (AvgIpc) is 2.31. The fraction of sp³-hybridized carbons (Fsp3) is 0.538. The minimum absolute atomic E-state index is 0.0141. The molecule has 18 heavy (non-hydrogen) atoms. The van der Waals surface area contributed by atoms with E-state index in [0.29, 0.717) is 18.8 Å². The molecule has 0 amide bonds. The van der Waals surface area contributed by atoms with Crippen molar-refractivity contribution in [2.75, 3.05) is 30.4 Å². The Bertz CT molecular complexity index is 429. The fourth-order valence-corrected chi connectivity index (χ4v) is 2.35. The Morgan fingerprint density at radius 2 is 1.78 bits per heavy atom. The van der Waals surface area contributed by atoms with Crippen LogP contribution in [0.1, 0.15) is 13.8 Å². The third-order valence-electron chi connectivity index (χ3n) is 3.09. The van der Waals surface area contributed by atoms with Crippen LogP contribution in [-0.4, -0.2) is 32.3 Å². The number of hydrogen-bond acceptors (Lipinski definition) is 3. The Morgan fingerprint density at radius 1 is 1.17 bits per heavy atom. The first-order valence-corrected chi connectivity index (χ1v) is 6.09. The van der Waals surface area contributed by atoms with Crippen molar-refractivity contribution < 1.29 is 13.5 Å². The zero-order valence-corrected chi connectivity index (χ0v) is 10.8. The summed E-state index contributed by atoms with van der Waals surface area (Å²) < 4.78 is 33.3. The molecular weight excluding hydrogens is 238 g/mol. The monoisotopic (exact) mass is 256 g/mol. The Hall–Kier alpha value is -1.36. The Morgan fingerprint density at radius 3 is 2.33 bits per heavy atom. The highest BCUT2D eigenvalue weighted by molar-refractivity contribution is 5.57. The number of morpholine rings is 1. The molecule has 2 rings (SSSR count). The van der Waals surface area contributed by atoms with Gasteiger partial charge in [0.05, 0.1) is 23.6 Å². The van der Waals surface area contributed by atoms with E-state index in [4.69, 9.17) is 4.74 Å². The predicted molar refractivity (Wildman–Crippen MR) is 68.1 cm³/mol. The fourth-order valence-electron chi connectivity index (χ4n) is 2.35. The van der Waals surface area contributed by atoms with Gasteiger partial charge in [-0.2, -0.15) is 0 Å². The molecule has 1 fully saturated rings. The summed E-state index contributed by atoms with van der Waals surface area (Å²) in [6.07, 6.45) is 0.0281. The molecule has 1 heterocycles. The van der Waals surface area contributed by atoms with Gasteiger partial charge in [0, 0.05) is 20.1 Å². The number of benzene rings is 1. The van der Waals surface area contributed by atoms with Gasteiger partial charge >= 0.3 is 0 Å². The lowest BCUT2D eigenvalue weighted by Crippen LogP contribution is -2.45. The quantitative estimate of drug-likeness (QED) is 0.880. The van der Waals surface area contributed by atoms with Gasteiger partial charge in [0.2, 0.25) is 0 Å². The molecule has 0 spiro atoms. The molecule has 1 N–H and O–H groups in total. The molecular formula is C13H18F2N2O. The maximum atomic E-state index is 14.0. The van der Waals surface area contributed by atoms with E-state index in [9.17, 15) is 8.78 Å². The van der Waals surface area contributed by atoms with Crippen molar-refractivity contribution in [3.63, 3.8) is 0 Å². The SMILES string of the molecule is CNc1ccc(N2C[C@@H](C)O[C@@H](C)C2)c(F)c1F. The second-order valence-electron chi connectivity index (χ2n) is 4.67. The van der Waals surface area contributed by atoms with E-state index in [1.165, 1.54) is 0 Å². The molecule has 0 unspecified atom stereocenters. The summed E-state index contributed by atoms with van der Waals surface area (Å²) in [7, 11) is 1.57. The van der Waals surface area contributed by atoms with Crippen LogP contribution in [-0.2, 0) is 4.74 Å². The third kappa shape index (κ3) is 2.41. The zero-order chi connectivity index (χ0) is 13.3. The molecule has 3 nitrogen and oxygen atoms in total. The molecule has 1 aromatic rings. The number of rotatable bonds is 2. The van der Waals surface area contributed by atoms with Crippen molar-refractivity contribution in [3.05, 3.63) is 23.8 Å². The lowest BCUT2D eigenvalue weighted by atomic mass is 10.1. The number of hydrogen-bond donors (Lipinski definition) is 1. The number of ether oxygens (including phenoxy) is 1. The molecule has 0 saturated carbocycles. The Kier molecular flexibility index (Phi) is 3.71. The summed E-state index contributed by atoms with van der Waals surface area (Å²) in [6, 6.07) is 3.16. The lowest BCUT2D eigenvalue weighted by Gasteiger charge is -2.37. The van der Waals surface area contributed by atoms with E-state index < -0.39 is 11.6 Å². The van der Waals surface area contributed by atoms with Gasteiger partial charge < -0.3 is 15.0 Å². The average molecular weight is 256 g/mol. The van der Waals surface area contributed by atoms with Gasteiger partial charge in [-0.05, 0) is 26.0 Å². The van der Waals surface area contributed by atoms with Gasteiger partial charge in [-0.15, -0.1) is 0 Å². The number of nitrogens with one attached hydrogen (secondary N) is 1. The summed E-state index contributed by atoms with van der Waals surface area (Å²) in [5.41, 5.74) is 0.471. The van der Waals surface area contributed by atoms with Gasteiger partial charge in [0.25, 0.3) is 0 Å². The minimum atomic E-state index is -0.832. The van der Waals surface area contributed by atoms with Crippen molar-refractivity contribution in [2.45, 2.75) is 26.1 Å². The van der Waals surface area contributed by atoms with Crippen LogP contribution in [0, 0.1) is 11.6 Å². The van der Waals surface area contributed by atoms with Crippen LogP contribution in [0.3, 0.4) is 0 Å². The van der Waals surface area contributed by atoms with Crippen molar-refractivity contribution in [1.29, 1.82) is 0 Å². The lowest BCUT2D eigenvalue weighted by molar-refractivity contribution is -0.00542. The van der Waals surface area contributed by atoms with Crippen LogP contribution < -0.4 is 10.2 Å². The highest BCUT2D eigenvalue weighted by Gasteiger charge is 2.25. The predicted octanol–water partition coefficient (Wildman–Crippen LogP) is 2.62. The summed E-state index contributed by atoms with van der Waals surface area (Å²) in [6.45, 7) is 5.00. The van der Waals surface area contributed by atoms with E-state index >= 15 is 0 Å². The molecule has 2 atom stereocenters. The smallest absolute Gasteiger partial charge is 0.184 e. The van der Waals surface area contributed by atoms with Crippen LogP contribution in [0.15, 0.2) is 12.1 Å². The molecule has 100 valence electrons. The van der Waals surface area contributed by atoms with Crippen LogP contribution in [0.25, 0.3) is 0 Å². The summed E-state index contributed by atoms with van der Waals surface area (Å²) in [5.74, 6) is -1.63. The normalized spacial score (nSPS) is 24.2.